The van der Waals surface area contributed by atoms with E-state index in [1.165, 1.54) is 38.5 Å². The van der Waals surface area contributed by atoms with Gasteiger partial charge >= 0.3 is 0 Å². The zero-order valence-electron chi connectivity index (χ0n) is 10.5. The number of nitrogens with zero attached hydrogens (tertiary/aromatic N) is 2. The number of aromatic nitrogens is 2. The molecule has 94 valence electrons. The molecule has 2 atom stereocenters. The zero-order chi connectivity index (χ0) is 11.7. The van der Waals surface area contributed by atoms with Gasteiger partial charge in [0.2, 0.25) is 5.89 Å². The molecule has 0 saturated heterocycles. The number of hydrogen-bond donors (Lipinski definition) is 1. The van der Waals surface area contributed by atoms with Crippen molar-refractivity contribution in [1.29, 1.82) is 0 Å². The minimum atomic E-state index is 0.425. The van der Waals surface area contributed by atoms with E-state index in [4.69, 9.17) is 4.52 Å². The monoisotopic (exact) mass is 235 g/mol. The Morgan fingerprint density at radius 3 is 2.82 bits per heavy atom. The maximum Gasteiger partial charge on any atom is 0.231 e. The molecular weight excluding hydrogens is 214 g/mol. The van der Waals surface area contributed by atoms with E-state index in [0.29, 0.717) is 12.0 Å². The van der Waals surface area contributed by atoms with Crippen molar-refractivity contribution in [2.45, 2.75) is 56.9 Å². The van der Waals surface area contributed by atoms with Crippen molar-refractivity contribution < 1.29 is 4.52 Å². The second-order valence-electron chi connectivity index (χ2n) is 5.48. The van der Waals surface area contributed by atoms with E-state index in [1.807, 2.05) is 7.05 Å². The van der Waals surface area contributed by atoms with Crippen LogP contribution in [-0.4, -0.2) is 23.2 Å². The van der Waals surface area contributed by atoms with Crippen LogP contribution >= 0.6 is 0 Å². The Bertz CT molecular complexity index is 372. The van der Waals surface area contributed by atoms with E-state index in [9.17, 15) is 0 Å². The predicted molar refractivity (Wildman–Crippen MR) is 64.8 cm³/mol. The van der Waals surface area contributed by atoms with Gasteiger partial charge in [0.1, 0.15) is 0 Å². The third-order valence-electron chi connectivity index (χ3n) is 4.11. The van der Waals surface area contributed by atoms with E-state index in [1.54, 1.807) is 0 Å². The fourth-order valence-electron chi connectivity index (χ4n) is 2.85. The van der Waals surface area contributed by atoms with Crippen LogP contribution in [0.1, 0.15) is 56.2 Å². The lowest BCUT2D eigenvalue weighted by Gasteiger charge is -2.28. The van der Waals surface area contributed by atoms with Gasteiger partial charge in [0.25, 0.3) is 0 Å². The molecule has 2 saturated carbocycles. The Labute approximate surface area is 102 Å². The highest BCUT2D eigenvalue weighted by Crippen LogP contribution is 2.34. The van der Waals surface area contributed by atoms with E-state index in [-0.39, 0.29) is 0 Å². The van der Waals surface area contributed by atoms with Crippen molar-refractivity contribution in [3.8, 4) is 0 Å². The Morgan fingerprint density at radius 2 is 2.06 bits per heavy atom. The Hall–Kier alpha value is -0.900. The van der Waals surface area contributed by atoms with Gasteiger partial charge in [-0.05, 0) is 38.6 Å². The molecule has 0 amide bonds. The maximum absolute atomic E-state index is 5.46. The van der Waals surface area contributed by atoms with Gasteiger partial charge in [-0.3, -0.25) is 0 Å². The van der Waals surface area contributed by atoms with E-state index >= 15 is 0 Å². The fourth-order valence-corrected chi connectivity index (χ4v) is 2.85. The fraction of sp³-hybridized carbons (Fsp3) is 0.846. The van der Waals surface area contributed by atoms with Crippen molar-refractivity contribution in [2.24, 2.45) is 5.92 Å². The average molecular weight is 235 g/mol. The molecule has 1 aromatic heterocycles. The predicted octanol–water partition coefficient (Wildman–Crippen LogP) is 2.27. The van der Waals surface area contributed by atoms with Crippen LogP contribution in [0.5, 0.6) is 0 Å². The molecule has 1 aromatic rings. The summed E-state index contributed by atoms with van der Waals surface area (Å²) in [6, 6.07) is 0.512. The lowest BCUT2D eigenvalue weighted by atomic mass is 9.84. The molecule has 3 rings (SSSR count). The van der Waals surface area contributed by atoms with Gasteiger partial charge in [-0.1, -0.05) is 18.0 Å². The second-order valence-corrected chi connectivity index (χ2v) is 5.48. The van der Waals surface area contributed by atoms with Crippen LogP contribution in [0.4, 0.5) is 0 Å². The Kier molecular flexibility index (Phi) is 3.14. The average Bonchev–Trinajstić information content (AvgIpc) is 3.05. The van der Waals surface area contributed by atoms with Gasteiger partial charge in [0.15, 0.2) is 5.82 Å². The standard InChI is InChI=1S/C13H21N3O/c1-14-11-5-3-2-4-10(11)13-15-12(16-17-13)8-9-6-7-9/h9-11,14H,2-8H2,1H3. The number of hydrogen-bond acceptors (Lipinski definition) is 4. The molecule has 2 unspecified atom stereocenters. The number of likely N-dealkylation sites (N-methyl/N-ethyl adjacent to an activating group) is 1. The molecule has 0 radical (unpaired) electrons. The van der Waals surface area contributed by atoms with Crippen molar-refractivity contribution in [1.82, 2.24) is 15.5 Å². The molecule has 2 aliphatic rings. The second kappa shape index (κ2) is 4.77. The first kappa shape index (κ1) is 11.2. The first-order valence-electron chi connectivity index (χ1n) is 6.86. The maximum atomic E-state index is 5.46. The topological polar surface area (TPSA) is 51.0 Å². The van der Waals surface area contributed by atoms with Crippen LogP contribution in [-0.2, 0) is 6.42 Å². The highest BCUT2D eigenvalue weighted by Gasteiger charge is 2.31. The van der Waals surface area contributed by atoms with Crippen LogP contribution in [0.25, 0.3) is 0 Å². The van der Waals surface area contributed by atoms with Crippen molar-refractivity contribution in [3.63, 3.8) is 0 Å². The Balaban J connectivity index is 1.70. The first-order chi connectivity index (χ1) is 8.36. The van der Waals surface area contributed by atoms with Crippen molar-refractivity contribution in [2.75, 3.05) is 7.05 Å². The minimum Gasteiger partial charge on any atom is -0.339 e. The summed E-state index contributed by atoms with van der Waals surface area (Å²) in [5.41, 5.74) is 0. The first-order valence-corrected chi connectivity index (χ1v) is 6.86. The molecule has 2 aliphatic carbocycles. The quantitative estimate of drug-likeness (QED) is 0.869. The molecular formula is C13H21N3O. The molecule has 1 heterocycles. The minimum absolute atomic E-state index is 0.425. The van der Waals surface area contributed by atoms with Gasteiger partial charge in [0.05, 0.1) is 5.92 Å². The third kappa shape index (κ3) is 2.51. The lowest BCUT2D eigenvalue weighted by Crippen LogP contribution is -2.34. The summed E-state index contributed by atoms with van der Waals surface area (Å²) in [5.74, 6) is 3.03. The van der Waals surface area contributed by atoms with E-state index in [2.05, 4.69) is 15.5 Å². The summed E-state index contributed by atoms with van der Waals surface area (Å²) in [6.07, 6.45) is 8.69. The molecule has 1 N–H and O–H groups in total. The summed E-state index contributed by atoms with van der Waals surface area (Å²) in [7, 11) is 2.03. The van der Waals surface area contributed by atoms with Crippen LogP contribution in [0.2, 0.25) is 0 Å². The highest BCUT2D eigenvalue weighted by molar-refractivity contribution is 5.02. The smallest absolute Gasteiger partial charge is 0.231 e. The molecule has 0 spiro atoms. The largest absolute Gasteiger partial charge is 0.339 e. The summed E-state index contributed by atoms with van der Waals surface area (Å²) >= 11 is 0. The van der Waals surface area contributed by atoms with Gasteiger partial charge in [-0.25, -0.2) is 0 Å². The van der Waals surface area contributed by atoms with Crippen LogP contribution in [0.15, 0.2) is 4.52 Å². The third-order valence-corrected chi connectivity index (χ3v) is 4.11. The summed E-state index contributed by atoms with van der Waals surface area (Å²) in [6.45, 7) is 0. The van der Waals surface area contributed by atoms with Crippen molar-refractivity contribution in [3.05, 3.63) is 11.7 Å². The van der Waals surface area contributed by atoms with Gasteiger partial charge < -0.3 is 9.84 Å². The normalized spacial score (nSPS) is 29.5. The summed E-state index contributed by atoms with van der Waals surface area (Å²) in [5, 5.41) is 7.51. The SMILES string of the molecule is CNC1CCCCC1c1nc(CC2CC2)no1. The molecule has 0 aromatic carbocycles. The zero-order valence-corrected chi connectivity index (χ0v) is 10.5. The number of nitrogens with one attached hydrogen (secondary N) is 1. The molecule has 0 aliphatic heterocycles. The van der Waals surface area contributed by atoms with Crippen LogP contribution in [0.3, 0.4) is 0 Å². The van der Waals surface area contributed by atoms with Gasteiger partial charge in [-0.2, -0.15) is 4.98 Å². The molecule has 2 fully saturated rings. The van der Waals surface area contributed by atoms with Crippen molar-refractivity contribution >= 4 is 0 Å². The molecule has 17 heavy (non-hydrogen) atoms. The summed E-state index contributed by atoms with van der Waals surface area (Å²) < 4.78 is 5.46. The lowest BCUT2D eigenvalue weighted by molar-refractivity contribution is 0.269. The van der Waals surface area contributed by atoms with Gasteiger partial charge in [0, 0.05) is 12.5 Å². The molecule has 0 bridgehead atoms. The van der Waals surface area contributed by atoms with Gasteiger partial charge in [-0.15, -0.1) is 0 Å². The van der Waals surface area contributed by atoms with E-state index in [0.717, 1.165) is 24.1 Å². The molecule has 4 heteroatoms. The Morgan fingerprint density at radius 1 is 1.24 bits per heavy atom. The number of rotatable bonds is 4. The summed E-state index contributed by atoms with van der Waals surface area (Å²) in [4.78, 5) is 4.59. The van der Waals surface area contributed by atoms with Crippen LogP contribution in [0, 0.1) is 5.92 Å². The van der Waals surface area contributed by atoms with Crippen LogP contribution < -0.4 is 5.32 Å². The van der Waals surface area contributed by atoms with E-state index < -0.39 is 0 Å². The highest BCUT2D eigenvalue weighted by atomic mass is 16.5. The molecule has 4 nitrogen and oxygen atoms in total.